The van der Waals surface area contributed by atoms with Gasteiger partial charge in [-0.1, -0.05) is 98.1 Å². The van der Waals surface area contributed by atoms with E-state index in [2.05, 4.69) is 120 Å². The van der Waals surface area contributed by atoms with Gasteiger partial charge in [-0.3, -0.25) is 4.98 Å². The molecule has 6 nitrogen and oxygen atoms in total. The topological polar surface area (TPSA) is 80.9 Å². The SMILES string of the molecule is Cc1cc(-c2ccc3cc(-c4nc5c(-c6ccc7ncccc7c6)c(C(=O)O)c(-c6cc(C)sc6-c6ccccc6)cc5n4C4CCCCC4)ccc3n2)c(-c2ccccc2)s1. The number of hydrogen-bond donors (Lipinski definition) is 1. The molecule has 1 aliphatic rings. The summed E-state index contributed by atoms with van der Waals surface area (Å²) in [6.07, 6.45) is 7.32. The van der Waals surface area contributed by atoms with Crippen molar-refractivity contribution >= 4 is 61.5 Å². The Morgan fingerprint density at radius 1 is 0.613 bits per heavy atom. The van der Waals surface area contributed by atoms with Gasteiger partial charge < -0.3 is 9.67 Å². The predicted octanol–water partition coefficient (Wildman–Crippen LogP) is 15.1. The molecule has 1 saturated carbocycles. The Labute approximate surface area is 367 Å². The number of aromatic carboxylic acids is 1. The number of thiophene rings is 2. The molecule has 10 aromatic rings. The summed E-state index contributed by atoms with van der Waals surface area (Å²) >= 11 is 3.50. The summed E-state index contributed by atoms with van der Waals surface area (Å²) in [5, 5.41) is 13.4. The van der Waals surface area contributed by atoms with Gasteiger partial charge in [-0.2, -0.15) is 0 Å². The van der Waals surface area contributed by atoms with Crippen LogP contribution in [0.2, 0.25) is 0 Å². The van der Waals surface area contributed by atoms with E-state index < -0.39 is 5.97 Å². The zero-order valence-corrected chi connectivity index (χ0v) is 36.1. The van der Waals surface area contributed by atoms with E-state index in [9.17, 15) is 9.90 Å². The minimum atomic E-state index is -0.983. The van der Waals surface area contributed by atoms with Crippen LogP contribution in [0.15, 0.2) is 146 Å². The number of fused-ring (bicyclic) bond motifs is 3. The largest absolute Gasteiger partial charge is 0.478 e. The number of carboxylic acids is 1. The van der Waals surface area contributed by atoms with Gasteiger partial charge in [-0.25, -0.2) is 14.8 Å². The Morgan fingerprint density at radius 3 is 1.98 bits per heavy atom. The van der Waals surface area contributed by atoms with Crippen LogP contribution in [0, 0.1) is 13.8 Å². The van der Waals surface area contributed by atoms with Gasteiger partial charge in [0, 0.05) is 70.3 Å². The maximum absolute atomic E-state index is 13.9. The van der Waals surface area contributed by atoms with E-state index in [1.165, 1.54) is 21.7 Å². The van der Waals surface area contributed by atoms with Crippen LogP contribution in [-0.4, -0.2) is 30.6 Å². The number of hydrogen-bond acceptors (Lipinski definition) is 6. The maximum atomic E-state index is 13.9. The molecule has 8 heteroatoms. The Balaban J connectivity index is 1.16. The summed E-state index contributed by atoms with van der Waals surface area (Å²) in [6, 6.07) is 48.4. The average molecular weight is 843 g/mol. The van der Waals surface area contributed by atoms with Gasteiger partial charge in [0.05, 0.1) is 33.3 Å². The molecule has 0 unspecified atom stereocenters. The molecule has 0 atom stereocenters. The summed E-state index contributed by atoms with van der Waals surface area (Å²) in [7, 11) is 0. The monoisotopic (exact) mass is 842 g/mol. The highest BCUT2D eigenvalue weighted by Gasteiger charge is 2.31. The molecular weight excluding hydrogens is 801 g/mol. The lowest BCUT2D eigenvalue weighted by Crippen LogP contribution is -2.14. The summed E-state index contributed by atoms with van der Waals surface area (Å²) in [4.78, 5) is 34.0. The first-order valence-electron chi connectivity index (χ1n) is 21.3. The second-order valence-corrected chi connectivity index (χ2v) is 18.9. The number of rotatable bonds is 8. The maximum Gasteiger partial charge on any atom is 0.337 e. The molecule has 0 bridgehead atoms. The third-order valence-corrected chi connectivity index (χ3v) is 14.5. The van der Waals surface area contributed by atoms with Crippen molar-refractivity contribution in [2.24, 2.45) is 0 Å². The Kier molecular flexibility index (Phi) is 9.63. The van der Waals surface area contributed by atoms with Crippen LogP contribution in [-0.2, 0) is 0 Å². The molecular formula is C54H42N4O2S2. The zero-order chi connectivity index (χ0) is 41.9. The predicted molar refractivity (Wildman–Crippen MR) is 257 cm³/mol. The van der Waals surface area contributed by atoms with Crippen LogP contribution in [0.3, 0.4) is 0 Å². The second-order valence-electron chi connectivity index (χ2n) is 16.4. The lowest BCUT2D eigenvalue weighted by atomic mass is 9.88. The molecule has 5 aromatic carbocycles. The third kappa shape index (κ3) is 6.71. The standard InChI is InChI=1S/C54H42N4O2S2/c1-32-27-42(51(61-32)34-13-6-3-7-14-34)41-31-47-50(48(49(41)54(59)60)38-21-23-44-36(29-38)17-12-26-55-44)57-53(58(47)40-18-10-5-11-19-40)39-22-24-45-37(30-39)20-25-46(56-45)43-28-33(2)62-52(43)35-15-8-4-9-16-35/h3-4,6-9,12-17,20-31,40H,5,10-11,18-19H2,1-2H3,(H,59,60). The number of nitrogens with zero attached hydrogens (tertiary/aromatic N) is 4. The van der Waals surface area contributed by atoms with Gasteiger partial charge in [-0.05, 0) is 104 Å². The molecule has 1 N–H and O–H groups in total. The van der Waals surface area contributed by atoms with Crippen molar-refractivity contribution in [2.45, 2.75) is 52.0 Å². The van der Waals surface area contributed by atoms with Crippen LogP contribution >= 0.6 is 22.7 Å². The van der Waals surface area contributed by atoms with Crippen LogP contribution in [0.25, 0.3) is 98.6 Å². The highest BCUT2D eigenvalue weighted by molar-refractivity contribution is 7.16. The second kappa shape index (κ2) is 15.6. The van der Waals surface area contributed by atoms with E-state index in [1.54, 1.807) is 28.9 Å². The van der Waals surface area contributed by atoms with E-state index in [-0.39, 0.29) is 11.6 Å². The minimum absolute atomic E-state index is 0.202. The first kappa shape index (κ1) is 38.2. The fourth-order valence-electron chi connectivity index (χ4n) is 9.53. The molecule has 62 heavy (non-hydrogen) atoms. The van der Waals surface area contributed by atoms with Crippen molar-refractivity contribution in [3.63, 3.8) is 0 Å². The quantitative estimate of drug-likeness (QED) is 0.165. The van der Waals surface area contributed by atoms with Crippen molar-refractivity contribution in [3.8, 4) is 65.8 Å². The number of benzene rings is 5. The van der Waals surface area contributed by atoms with Gasteiger partial charge in [0.15, 0.2) is 0 Å². The molecule has 0 aliphatic heterocycles. The van der Waals surface area contributed by atoms with E-state index >= 15 is 0 Å². The van der Waals surface area contributed by atoms with Crippen molar-refractivity contribution in [1.29, 1.82) is 0 Å². The number of aryl methyl sites for hydroxylation is 2. The van der Waals surface area contributed by atoms with E-state index in [1.807, 2.05) is 42.5 Å². The fraction of sp³-hybridized carbons (Fsp3) is 0.148. The minimum Gasteiger partial charge on any atom is -0.478 e. The molecule has 0 amide bonds. The number of aromatic nitrogens is 4. The molecule has 1 fully saturated rings. The first-order valence-corrected chi connectivity index (χ1v) is 22.9. The van der Waals surface area contributed by atoms with E-state index in [4.69, 9.17) is 9.97 Å². The normalized spacial score (nSPS) is 13.4. The highest BCUT2D eigenvalue weighted by Crippen LogP contribution is 2.48. The summed E-state index contributed by atoms with van der Waals surface area (Å²) < 4.78 is 2.44. The number of pyridine rings is 2. The van der Waals surface area contributed by atoms with Crippen molar-refractivity contribution in [1.82, 2.24) is 19.5 Å². The smallest absolute Gasteiger partial charge is 0.337 e. The summed E-state index contributed by atoms with van der Waals surface area (Å²) in [5.41, 5.74) is 12.0. The lowest BCUT2D eigenvalue weighted by molar-refractivity contribution is 0.0698. The summed E-state index contributed by atoms with van der Waals surface area (Å²) in [5.74, 6) is -0.136. The van der Waals surface area contributed by atoms with E-state index in [0.717, 1.165) is 102 Å². The molecule has 5 heterocycles. The van der Waals surface area contributed by atoms with Gasteiger partial charge in [-0.15, -0.1) is 22.7 Å². The van der Waals surface area contributed by atoms with Gasteiger partial charge >= 0.3 is 5.97 Å². The van der Waals surface area contributed by atoms with Crippen LogP contribution in [0.4, 0.5) is 0 Å². The van der Waals surface area contributed by atoms with Gasteiger partial charge in [0.1, 0.15) is 5.82 Å². The average Bonchev–Trinajstić information content (AvgIpc) is 4.03. The third-order valence-electron chi connectivity index (χ3n) is 12.3. The fourth-order valence-corrected chi connectivity index (χ4v) is 11.6. The van der Waals surface area contributed by atoms with Crippen LogP contribution < -0.4 is 0 Å². The van der Waals surface area contributed by atoms with Crippen molar-refractivity contribution < 1.29 is 9.90 Å². The first-order chi connectivity index (χ1) is 30.4. The Hall–Kier alpha value is -6.74. The molecule has 1 aliphatic carbocycles. The van der Waals surface area contributed by atoms with Gasteiger partial charge in [0.25, 0.3) is 0 Å². The van der Waals surface area contributed by atoms with Crippen molar-refractivity contribution in [3.05, 3.63) is 161 Å². The highest BCUT2D eigenvalue weighted by atomic mass is 32.1. The Bertz CT molecular complexity index is 3340. The molecule has 0 radical (unpaired) electrons. The Morgan fingerprint density at radius 2 is 1.26 bits per heavy atom. The molecule has 0 saturated heterocycles. The molecule has 302 valence electrons. The number of carbonyl (C=O) groups is 1. The number of carboxylic acid groups (broad SMARTS) is 1. The summed E-state index contributed by atoms with van der Waals surface area (Å²) in [6.45, 7) is 4.25. The van der Waals surface area contributed by atoms with Crippen molar-refractivity contribution in [2.75, 3.05) is 0 Å². The molecule has 0 spiro atoms. The van der Waals surface area contributed by atoms with Gasteiger partial charge in [0.2, 0.25) is 0 Å². The zero-order valence-electron chi connectivity index (χ0n) is 34.4. The lowest BCUT2D eigenvalue weighted by Gasteiger charge is -2.26. The van der Waals surface area contributed by atoms with Crippen LogP contribution in [0.1, 0.15) is 58.3 Å². The number of imidazole rings is 1. The van der Waals surface area contributed by atoms with E-state index in [0.29, 0.717) is 16.6 Å². The molecule has 5 aromatic heterocycles. The molecule has 11 rings (SSSR count). The van der Waals surface area contributed by atoms with Crippen LogP contribution in [0.5, 0.6) is 0 Å².